The van der Waals surface area contributed by atoms with Crippen LogP contribution in [0.25, 0.3) is 9.40 Å². The third-order valence-corrected chi connectivity index (χ3v) is 5.03. The molecule has 5 heteroatoms. The molecule has 0 saturated heterocycles. The Balaban J connectivity index is 2.29. The number of aliphatic hydroxyl groups excluding tert-OH is 1. The summed E-state index contributed by atoms with van der Waals surface area (Å²) in [5.41, 5.74) is -0.533. The molecule has 0 bridgehead atoms. The van der Waals surface area contributed by atoms with Crippen LogP contribution in [0.5, 0.6) is 0 Å². The van der Waals surface area contributed by atoms with Gasteiger partial charge in [-0.05, 0) is 31.4 Å². The van der Waals surface area contributed by atoms with Gasteiger partial charge in [0.2, 0.25) is 0 Å². The Morgan fingerprint density at radius 1 is 1.47 bits per heavy atom. The van der Waals surface area contributed by atoms with Crippen LogP contribution in [-0.4, -0.2) is 35.1 Å². The van der Waals surface area contributed by atoms with Crippen molar-refractivity contribution >= 4 is 38.0 Å². The lowest BCUT2D eigenvalue weighted by atomic mass is 10.1. The minimum atomic E-state index is -0.533. The summed E-state index contributed by atoms with van der Waals surface area (Å²) in [6, 6.07) is 3.95. The van der Waals surface area contributed by atoms with E-state index in [1.54, 1.807) is 23.3 Å². The third-order valence-electron chi connectivity index (χ3n) is 2.95. The van der Waals surface area contributed by atoms with E-state index >= 15 is 0 Å². The van der Waals surface area contributed by atoms with Gasteiger partial charge >= 0.3 is 0 Å². The van der Waals surface area contributed by atoms with Crippen LogP contribution < -0.4 is 0 Å². The number of likely N-dealkylation sites (N-methyl/N-ethyl adjacent to an activating group) is 1. The summed E-state index contributed by atoms with van der Waals surface area (Å²) >= 11 is 3.15. The van der Waals surface area contributed by atoms with Crippen LogP contribution in [-0.2, 0) is 0 Å². The quantitative estimate of drug-likeness (QED) is 0.931. The van der Waals surface area contributed by atoms with E-state index < -0.39 is 5.54 Å². The van der Waals surface area contributed by atoms with E-state index in [9.17, 15) is 9.90 Å². The topological polar surface area (TPSA) is 40.5 Å². The SMILES string of the molecule is CN(C(=O)c1cc2sccc2s1)C(C)(C)CO. The minimum Gasteiger partial charge on any atom is -0.394 e. The second-order valence-corrected chi connectivity index (χ2v) is 6.63. The normalized spacial score (nSPS) is 12.0. The molecule has 92 valence electrons. The standard InChI is InChI=1S/C12H15NO2S2/c1-12(2,7-14)13(3)11(15)10-6-9-8(17-10)4-5-16-9/h4-6,14H,7H2,1-3H3. The van der Waals surface area contributed by atoms with E-state index in [-0.39, 0.29) is 12.5 Å². The maximum atomic E-state index is 12.2. The van der Waals surface area contributed by atoms with Gasteiger partial charge in [-0.3, -0.25) is 4.79 Å². The fraction of sp³-hybridized carbons (Fsp3) is 0.417. The molecule has 3 nitrogen and oxygen atoms in total. The molecule has 1 N–H and O–H groups in total. The fourth-order valence-electron chi connectivity index (χ4n) is 1.42. The molecule has 0 aromatic carbocycles. The maximum Gasteiger partial charge on any atom is 0.264 e. The monoisotopic (exact) mass is 269 g/mol. The molecule has 17 heavy (non-hydrogen) atoms. The summed E-state index contributed by atoms with van der Waals surface area (Å²) in [5.74, 6) is -0.0301. The van der Waals surface area contributed by atoms with Gasteiger partial charge in [0.15, 0.2) is 0 Å². The van der Waals surface area contributed by atoms with Crippen LogP contribution in [0.4, 0.5) is 0 Å². The lowest BCUT2D eigenvalue weighted by molar-refractivity contribution is 0.0478. The van der Waals surface area contributed by atoms with Gasteiger partial charge in [0.1, 0.15) is 0 Å². The van der Waals surface area contributed by atoms with Crippen LogP contribution in [0.3, 0.4) is 0 Å². The molecule has 2 aromatic rings. The van der Waals surface area contributed by atoms with E-state index in [4.69, 9.17) is 0 Å². The van der Waals surface area contributed by atoms with E-state index in [1.807, 2.05) is 31.4 Å². The minimum absolute atomic E-state index is 0.0301. The highest BCUT2D eigenvalue weighted by Crippen LogP contribution is 2.31. The summed E-state index contributed by atoms with van der Waals surface area (Å²) in [5, 5.41) is 11.3. The zero-order valence-electron chi connectivity index (χ0n) is 10.1. The van der Waals surface area contributed by atoms with Gasteiger partial charge in [-0.15, -0.1) is 22.7 Å². The molecule has 0 atom stereocenters. The van der Waals surface area contributed by atoms with Gasteiger partial charge in [-0.25, -0.2) is 0 Å². The zero-order valence-corrected chi connectivity index (χ0v) is 11.7. The van der Waals surface area contributed by atoms with Crippen molar-refractivity contribution in [1.82, 2.24) is 4.90 Å². The van der Waals surface area contributed by atoms with Crippen molar-refractivity contribution in [3.8, 4) is 0 Å². The predicted octanol–water partition coefficient (Wildman–Crippen LogP) is 2.81. The summed E-state index contributed by atoms with van der Waals surface area (Å²) in [6.07, 6.45) is 0. The Morgan fingerprint density at radius 3 is 2.76 bits per heavy atom. The maximum absolute atomic E-state index is 12.2. The van der Waals surface area contributed by atoms with Gasteiger partial charge in [-0.1, -0.05) is 0 Å². The Kier molecular flexibility index (Phi) is 3.25. The first-order valence-electron chi connectivity index (χ1n) is 5.32. The zero-order chi connectivity index (χ0) is 12.6. The summed E-state index contributed by atoms with van der Waals surface area (Å²) < 4.78 is 2.29. The summed E-state index contributed by atoms with van der Waals surface area (Å²) in [7, 11) is 1.73. The molecule has 0 saturated carbocycles. The average Bonchev–Trinajstić information content (AvgIpc) is 2.86. The van der Waals surface area contributed by atoms with E-state index in [2.05, 4.69) is 0 Å². The number of amides is 1. The Labute approximate surface area is 108 Å². The Bertz CT molecular complexity index is 513. The number of carbonyl (C=O) groups is 1. The highest BCUT2D eigenvalue weighted by atomic mass is 32.1. The molecule has 0 aliphatic carbocycles. The highest BCUT2D eigenvalue weighted by molar-refractivity contribution is 7.27. The van der Waals surface area contributed by atoms with Crippen LogP contribution in [0, 0.1) is 0 Å². The largest absolute Gasteiger partial charge is 0.394 e. The number of hydrogen-bond donors (Lipinski definition) is 1. The first-order chi connectivity index (χ1) is 7.95. The molecule has 0 radical (unpaired) electrons. The molecular weight excluding hydrogens is 254 g/mol. The number of thiophene rings is 2. The number of nitrogens with zero attached hydrogens (tertiary/aromatic N) is 1. The summed E-state index contributed by atoms with van der Waals surface area (Å²) in [6.45, 7) is 3.65. The van der Waals surface area contributed by atoms with Crippen LogP contribution in [0.15, 0.2) is 17.5 Å². The van der Waals surface area contributed by atoms with Gasteiger partial charge in [-0.2, -0.15) is 0 Å². The van der Waals surface area contributed by atoms with E-state index in [1.165, 1.54) is 11.3 Å². The number of rotatable bonds is 3. The number of carbonyl (C=O) groups excluding carboxylic acids is 1. The van der Waals surface area contributed by atoms with Crippen molar-refractivity contribution in [3.05, 3.63) is 22.4 Å². The van der Waals surface area contributed by atoms with Crippen molar-refractivity contribution in [2.45, 2.75) is 19.4 Å². The lowest BCUT2D eigenvalue weighted by Gasteiger charge is -2.33. The average molecular weight is 269 g/mol. The molecule has 0 spiro atoms. The highest BCUT2D eigenvalue weighted by Gasteiger charge is 2.28. The predicted molar refractivity (Wildman–Crippen MR) is 73.0 cm³/mol. The molecule has 2 rings (SSSR count). The smallest absolute Gasteiger partial charge is 0.264 e. The molecule has 1 amide bonds. The molecule has 0 fully saturated rings. The van der Waals surface area contributed by atoms with Crippen LogP contribution >= 0.6 is 22.7 Å². The number of aliphatic hydroxyl groups is 1. The number of fused-ring (bicyclic) bond motifs is 1. The van der Waals surface area contributed by atoms with E-state index in [0.29, 0.717) is 0 Å². The first-order valence-corrected chi connectivity index (χ1v) is 7.01. The second kappa shape index (κ2) is 4.40. The van der Waals surface area contributed by atoms with Crippen molar-refractivity contribution in [2.24, 2.45) is 0 Å². The molecule has 0 unspecified atom stereocenters. The van der Waals surface area contributed by atoms with Crippen molar-refractivity contribution < 1.29 is 9.90 Å². The van der Waals surface area contributed by atoms with Gasteiger partial charge in [0.05, 0.1) is 17.0 Å². The Hall–Kier alpha value is -0.910. The molecule has 0 aliphatic heterocycles. The lowest BCUT2D eigenvalue weighted by Crippen LogP contribution is -2.47. The van der Waals surface area contributed by atoms with Gasteiger partial charge in [0.25, 0.3) is 5.91 Å². The Morgan fingerprint density at radius 2 is 2.18 bits per heavy atom. The fourth-order valence-corrected chi connectivity index (χ4v) is 3.50. The van der Waals surface area contributed by atoms with Gasteiger partial charge < -0.3 is 10.0 Å². The van der Waals surface area contributed by atoms with Crippen molar-refractivity contribution in [3.63, 3.8) is 0 Å². The number of hydrogen-bond acceptors (Lipinski definition) is 4. The van der Waals surface area contributed by atoms with Crippen LogP contribution in [0.1, 0.15) is 23.5 Å². The van der Waals surface area contributed by atoms with E-state index in [0.717, 1.165) is 14.3 Å². The van der Waals surface area contributed by atoms with Crippen molar-refractivity contribution in [2.75, 3.05) is 13.7 Å². The molecule has 0 aliphatic rings. The van der Waals surface area contributed by atoms with Crippen molar-refractivity contribution in [1.29, 1.82) is 0 Å². The second-order valence-electron chi connectivity index (χ2n) is 4.59. The molecule has 2 aromatic heterocycles. The first kappa shape index (κ1) is 12.5. The molecular formula is C12H15NO2S2. The van der Waals surface area contributed by atoms with Gasteiger partial charge in [0, 0.05) is 16.4 Å². The third kappa shape index (κ3) is 2.22. The van der Waals surface area contributed by atoms with Crippen LogP contribution in [0.2, 0.25) is 0 Å². The summed E-state index contributed by atoms with van der Waals surface area (Å²) in [4.78, 5) is 14.6. The molecule has 2 heterocycles.